The van der Waals surface area contributed by atoms with E-state index in [1.807, 2.05) is 0 Å². The van der Waals surface area contributed by atoms with Gasteiger partial charge in [0.1, 0.15) is 5.82 Å². The lowest BCUT2D eigenvalue weighted by Crippen LogP contribution is -2.17. The molecular formula is C16H11ClFN3O3. The van der Waals surface area contributed by atoms with Gasteiger partial charge in [-0.3, -0.25) is 9.89 Å². The monoisotopic (exact) mass is 347 g/mol. The predicted octanol–water partition coefficient (Wildman–Crippen LogP) is 3.03. The van der Waals surface area contributed by atoms with E-state index >= 15 is 0 Å². The van der Waals surface area contributed by atoms with Gasteiger partial charge >= 0.3 is 5.97 Å². The van der Waals surface area contributed by atoms with Gasteiger partial charge in [-0.2, -0.15) is 0 Å². The van der Waals surface area contributed by atoms with Crippen LogP contribution in [-0.4, -0.2) is 25.8 Å². The first-order valence-corrected chi connectivity index (χ1v) is 7.23. The van der Waals surface area contributed by atoms with Gasteiger partial charge in [0.25, 0.3) is 5.56 Å². The summed E-state index contributed by atoms with van der Waals surface area (Å²) in [4.78, 5) is 27.4. The van der Waals surface area contributed by atoms with Crippen LogP contribution in [0.25, 0.3) is 16.9 Å². The van der Waals surface area contributed by atoms with E-state index in [4.69, 9.17) is 16.7 Å². The molecule has 0 amide bonds. The first kappa shape index (κ1) is 15.9. The van der Waals surface area contributed by atoms with Gasteiger partial charge in [-0.25, -0.2) is 18.9 Å². The van der Waals surface area contributed by atoms with Crippen LogP contribution in [-0.2, 0) is 0 Å². The molecule has 2 heterocycles. The Morgan fingerprint density at radius 3 is 2.67 bits per heavy atom. The number of nitrogens with one attached hydrogen (secondary N) is 1. The maximum Gasteiger partial charge on any atom is 0.337 e. The fourth-order valence-corrected chi connectivity index (χ4v) is 2.52. The second-order valence-electron chi connectivity index (χ2n) is 5.09. The van der Waals surface area contributed by atoms with E-state index in [-0.39, 0.29) is 27.5 Å². The molecule has 122 valence electrons. The Morgan fingerprint density at radius 1 is 1.33 bits per heavy atom. The highest BCUT2D eigenvalue weighted by Crippen LogP contribution is 2.25. The number of H-pyrrole nitrogens is 1. The van der Waals surface area contributed by atoms with E-state index in [0.29, 0.717) is 5.69 Å². The van der Waals surface area contributed by atoms with Crippen molar-refractivity contribution in [1.29, 1.82) is 0 Å². The average molecular weight is 348 g/mol. The quantitative estimate of drug-likeness (QED) is 0.762. The second-order valence-corrected chi connectivity index (χ2v) is 5.52. The van der Waals surface area contributed by atoms with Crippen LogP contribution < -0.4 is 5.56 Å². The van der Waals surface area contributed by atoms with Crippen molar-refractivity contribution in [2.24, 2.45) is 0 Å². The highest BCUT2D eigenvalue weighted by molar-refractivity contribution is 6.30. The lowest BCUT2D eigenvalue weighted by atomic mass is 10.1. The molecule has 3 rings (SSSR count). The summed E-state index contributed by atoms with van der Waals surface area (Å²) in [6.45, 7) is 1.63. The first-order valence-electron chi connectivity index (χ1n) is 6.85. The molecule has 2 aromatic heterocycles. The molecular weight excluding hydrogens is 337 g/mol. The van der Waals surface area contributed by atoms with Crippen molar-refractivity contribution in [1.82, 2.24) is 14.8 Å². The zero-order chi connectivity index (χ0) is 17.4. The number of aromatic carboxylic acids is 1. The minimum Gasteiger partial charge on any atom is -0.478 e. The number of carboxylic acids is 1. The summed E-state index contributed by atoms with van der Waals surface area (Å²) in [5.41, 5.74) is 0.237. The van der Waals surface area contributed by atoms with Crippen LogP contribution in [0.2, 0.25) is 5.02 Å². The van der Waals surface area contributed by atoms with Crippen LogP contribution in [0.1, 0.15) is 16.1 Å². The smallest absolute Gasteiger partial charge is 0.337 e. The van der Waals surface area contributed by atoms with E-state index in [1.165, 1.54) is 24.3 Å². The van der Waals surface area contributed by atoms with E-state index in [0.717, 1.165) is 16.9 Å². The number of halogens is 2. The third-order valence-electron chi connectivity index (χ3n) is 3.50. The molecule has 0 radical (unpaired) electrons. The molecule has 8 heteroatoms. The van der Waals surface area contributed by atoms with Crippen molar-refractivity contribution < 1.29 is 14.3 Å². The predicted molar refractivity (Wildman–Crippen MR) is 86.3 cm³/mol. The fourth-order valence-electron chi connectivity index (χ4n) is 2.36. The van der Waals surface area contributed by atoms with Crippen molar-refractivity contribution in [3.8, 4) is 16.9 Å². The SMILES string of the molecule is Cc1[nH]n(-c2ccc(C(=O)O)cn2)c(=O)c1-c1ccc(Cl)cc1F. The standard InChI is InChI=1S/C16H11ClFN3O3/c1-8-14(11-4-3-10(17)6-12(11)18)15(22)21(20-8)13-5-2-9(7-19-13)16(23)24/h2-7,20H,1H3,(H,23,24). The van der Waals surface area contributed by atoms with E-state index in [9.17, 15) is 14.0 Å². The maximum atomic E-state index is 14.1. The van der Waals surface area contributed by atoms with Crippen molar-refractivity contribution in [3.63, 3.8) is 0 Å². The number of hydrogen-bond donors (Lipinski definition) is 2. The van der Waals surface area contributed by atoms with Gasteiger partial charge in [-0.1, -0.05) is 11.6 Å². The average Bonchev–Trinajstić information content (AvgIpc) is 2.83. The summed E-state index contributed by atoms with van der Waals surface area (Å²) >= 11 is 5.74. The molecule has 0 saturated carbocycles. The van der Waals surface area contributed by atoms with Crippen molar-refractivity contribution >= 4 is 17.6 Å². The molecule has 0 aliphatic heterocycles. The van der Waals surface area contributed by atoms with Crippen LogP contribution in [0.5, 0.6) is 0 Å². The number of nitrogens with zero attached hydrogens (tertiary/aromatic N) is 2. The molecule has 0 unspecified atom stereocenters. The van der Waals surface area contributed by atoms with Gasteiger partial charge in [0.15, 0.2) is 5.82 Å². The Labute approximate surface area is 140 Å². The van der Waals surface area contributed by atoms with Crippen LogP contribution >= 0.6 is 11.6 Å². The number of aromatic amines is 1. The van der Waals surface area contributed by atoms with Crippen LogP contribution in [0.15, 0.2) is 41.3 Å². The first-order chi connectivity index (χ1) is 11.4. The number of aromatic nitrogens is 3. The summed E-state index contributed by atoms with van der Waals surface area (Å²) in [5.74, 6) is -1.52. The minimum atomic E-state index is -1.12. The van der Waals surface area contributed by atoms with Crippen molar-refractivity contribution in [2.45, 2.75) is 6.92 Å². The van der Waals surface area contributed by atoms with Gasteiger partial charge in [-0.15, -0.1) is 0 Å². The van der Waals surface area contributed by atoms with E-state index in [1.54, 1.807) is 6.92 Å². The zero-order valence-electron chi connectivity index (χ0n) is 12.4. The third kappa shape index (κ3) is 2.69. The Kier molecular flexibility index (Phi) is 3.94. The normalized spacial score (nSPS) is 10.8. The largest absolute Gasteiger partial charge is 0.478 e. The Bertz CT molecular complexity index is 993. The molecule has 0 spiro atoms. The van der Waals surface area contributed by atoms with E-state index < -0.39 is 17.3 Å². The molecule has 6 nitrogen and oxygen atoms in total. The molecule has 0 fully saturated rings. The summed E-state index contributed by atoms with van der Waals surface area (Å²) in [6, 6.07) is 6.78. The van der Waals surface area contributed by atoms with Crippen LogP contribution in [0.4, 0.5) is 4.39 Å². The molecule has 0 saturated heterocycles. The molecule has 0 atom stereocenters. The number of aryl methyl sites for hydroxylation is 1. The number of pyridine rings is 1. The second kappa shape index (κ2) is 5.93. The summed E-state index contributed by atoms with van der Waals surface area (Å²) in [6.07, 6.45) is 1.14. The number of carbonyl (C=O) groups is 1. The third-order valence-corrected chi connectivity index (χ3v) is 3.73. The number of benzene rings is 1. The number of carboxylic acid groups (broad SMARTS) is 1. The van der Waals surface area contributed by atoms with Gasteiger partial charge in [0.2, 0.25) is 0 Å². The van der Waals surface area contributed by atoms with Crippen LogP contribution in [0, 0.1) is 12.7 Å². The molecule has 3 aromatic rings. The molecule has 0 bridgehead atoms. The Morgan fingerprint density at radius 2 is 2.08 bits per heavy atom. The topological polar surface area (TPSA) is 88.0 Å². The van der Waals surface area contributed by atoms with E-state index in [2.05, 4.69) is 10.1 Å². The van der Waals surface area contributed by atoms with Gasteiger partial charge in [0, 0.05) is 22.5 Å². The fraction of sp³-hybridized carbons (Fsp3) is 0.0625. The van der Waals surface area contributed by atoms with Gasteiger partial charge in [0.05, 0.1) is 11.1 Å². The lowest BCUT2D eigenvalue weighted by Gasteiger charge is -2.01. The molecule has 0 aliphatic carbocycles. The minimum absolute atomic E-state index is 0.000883. The molecule has 1 aromatic carbocycles. The van der Waals surface area contributed by atoms with Crippen molar-refractivity contribution in [3.05, 3.63) is 69.0 Å². The zero-order valence-corrected chi connectivity index (χ0v) is 13.1. The Hall–Kier alpha value is -2.93. The Balaban J connectivity index is 2.13. The maximum absolute atomic E-state index is 14.1. The molecule has 24 heavy (non-hydrogen) atoms. The molecule has 0 aliphatic rings. The summed E-state index contributed by atoms with van der Waals surface area (Å²) in [7, 11) is 0. The van der Waals surface area contributed by atoms with Crippen molar-refractivity contribution in [2.75, 3.05) is 0 Å². The van der Waals surface area contributed by atoms with Gasteiger partial charge in [-0.05, 0) is 37.3 Å². The summed E-state index contributed by atoms with van der Waals surface area (Å²) in [5, 5.41) is 11.9. The highest BCUT2D eigenvalue weighted by Gasteiger charge is 2.18. The number of hydrogen-bond acceptors (Lipinski definition) is 3. The molecule has 2 N–H and O–H groups in total. The summed E-state index contributed by atoms with van der Waals surface area (Å²) < 4.78 is 15.3. The lowest BCUT2D eigenvalue weighted by molar-refractivity contribution is 0.0696. The highest BCUT2D eigenvalue weighted by atomic mass is 35.5. The van der Waals surface area contributed by atoms with Crippen LogP contribution in [0.3, 0.4) is 0 Å². The number of rotatable bonds is 3. The van der Waals surface area contributed by atoms with Gasteiger partial charge < -0.3 is 5.11 Å².